The molecule has 0 aliphatic carbocycles. The van der Waals surface area contributed by atoms with Crippen LogP contribution in [0.2, 0.25) is 0 Å². The van der Waals surface area contributed by atoms with E-state index < -0.39 is 7.92 Å². The molecule has 0 radical (unpaired) electrons. The second-order valence-electron chi connectivity index (χ2n) is 4.80. The fourth-order valence-electron chi connectivity index (χ4n) is 1.98. The lowest BCUT2D eigenvalue weighted by Gasteiger charge is -2.10. The number of hydrogen-bond donors (Lipinski definition) is 0. The molecule has 0 saturated carbocycles. The zero-order valence-corrected chi connectivity index (χ0v) is 14.0. The SMILES string of the molecule is Cc1ccccc1.O.O=CP(c1ccccc1)c1ccccc1. The van der Waals surface area contributed by atoms with Gasteiger partial charge in [-0.25, -0.2) is 0 Å². The zero-order chi connectivity index (χ0) is 15.6. The third kappa shape index (κ3) is 6.15. The van der Waals surface area contributed by atoms with Crippen LogP contribution in [0.1, 0.15) is 5.56 Å². The molecule has 0 amide bonds. The Kier molecular flexibility index (Phi) is 8.52. The van der Waals surface area contributed by atoms with E-state index in [9.17, 15) is 4.79 Å². The monoisotopic (exact) mass is 324 g/mol. The van der Waals surface area contributed by atoms with Crippen molar-refractivity contribution >= 4 is 24.6 Å². The molecule has 2 nitrogen and oxygen atoms in total. The van der Waals surface area contributed by atoms with Crippen LogP contribution >= 0.6 is 7.92 Å². The Morgan fingerprint density at radius 2 is 1.00 bits per heavy atom. The molecule has 23 heavy (non-hydrogen) atoms. The minimum atomic E-state index is -0.829. The van der Waals surface area contributed by atoms with Crippen LogP contribution in [0.15, 0.2) is 91.0 Å². The number of hydrogen-bond acceptors (Lipinski definition) is 1. The first kappa shape index (κ1) is 18.8. The smallest absolute Gasteiger partial charge is 0.150 e. The Morgan fingerprint density at radius 3 is 1.26 bits per heavy atom. The van der Waals surface area contributed by atoms with Gasteiger partial charge in [0.25, 0.3) is 0 Å². The fraction of sp³-hybridized carbons (Fsp3) is 0.0500. The number of aryl methyl sites for hydroxylation is 1. The number of carbonyl (C=O) groups is 1. The summed E-state index contributed by atoms with van der Waals surface area (Å²) in [5.74, 6) is 0. The highest BCUT2D eigenvalue weighted by Gasteiger charge is 2.10. The lowest BCUT2D eigenvalue weighted by atomic mass is 10.2. The predicted octanol–water partition coefficient (Wildman–Crippen LogP) is 3.48. The van der Waals surface area contributed by atoms with Gasteiger partial charge < -0.3 is 5.48 Å². The van der Waals surface area contributed by atoms with Gasteiger partial charge in [-0.05, 0) is 17.5 Å². The van der Waals surface area contributed by atoms with Crippen LogP contribution in [0.5, 0.6) is 0 Å². The summed E-state index contributed by atoms with van der Waals surface area (Å²) in [6.45, 7) is 2.08. The number of rotatable bonds is 3. The van der Waals surface area contributed by atoms with Gasteiger partial charge in [0.05, 0.1) is 0 Å². The summed E-state index contributed by atoms with van der Waals surface area (Å²) in [7, 11) is -0.829. The van der Waals surface area contributed by atoms with Gasteiger partial charge in [0.15, 0.2) is 6.03 Å². The van der Waals surface area contributed by atoms with E-state index in [4.69, 9.17) is 0 Å². The Hall–Kier alpha value is -2.28. The van der Waals surface area contributed by atoms with E-state index in [-0.39, 0.29) is 5.48 Å². The van der Waals surface area contributed by atoms with Crippen molar-refractivity contribution in [2.45, 2.75) is 6.92 Å². The quantitative estimate of drug-likeness (QED) is 0.537. The average Bonchev–Trinajstić information content (AvgIpc) is 2.59. The van der Waals surface area contributed by atoms with Crippen LogP contribution in [0.3, 0.4) is 0 Å². The van der Waals surface area contributed by atoms with Crippen molar-refractivity contribution in [1.82, 2.24) is 0 Å². The summed E-state index contributed by atoms with van der Waals surface area (Å²) < 4.78 is 0. The maximum absolute atomic E-state index is 11.1. The molecule has 0 spiro atoms. The standard InChI is InChI=1S/C13H11OP.C7H8.H2O/c14-11-15(12-7-3-1-4-8-12)13-9-5-2-6-10-13;1-7-5-3-2-4-6-7;/h1-11H;2-6H,1H3;1H2. The molecule has 0 bridgehead atoms. The molecule has 118 valence electrons. The molecular formula is C20H21O2P. The van der Waals surface area contributed by atoms with E-state index in [1.54, 1.807) is 0 Å². The summed E-state index contributed by atoms with van der Waals surface area (Å²) in [5.41, 5.74) is 1.32. The molecule has 0 aliphatic heterocycles. The van der Waals surface area contributed by atoms with Crippen molar-refractivity contribution < 1.29 is 10.3 Å². The molecule has 3 aromatic carbocycles. The Bertz CT molecular complexity index is 630. The Labute approximate surface area is 138 Å². The van der Waals surface area contributed by atoms with Gasteiger partial charge in [0.2, 0.25) is 0 Å². The first-order valence-electron chi connectivity index (χ1n) is 7.17. The van der Waals surface area contributed by atoms with E-state index in [0.717, 1.165) is 16.6 Å². The van der Waals surface area contributed by atoms with Crippen LogP contribution in [-0.2, 0) is 4.79 Å². The van der Waals surface area contributed by atoms with E-state index in [1.165, 1.54) is 5.56 Å². The second-order valence-corrected chi connectivity index (χ2v) is 6.78. The van der Waals surface area contributed by atoms with Crippen molar-refractivity contribution in [2.75, 3.05) is 0 Å². The summed E-state index contributed by atoms with van der Waals surface area (Å²) >= 11 is 0. The van der Waals surface area contributed by atoms with Gasteiger partial charge >= 0.3 is 0 Å². The van der Waals surface area contributed by atoms with Crippen molar-refractivity contribution in [3.63, 3.8) is 0 Å². The minimum absolute atomic E-state index is 0. The van der Waals surface area contributed by atoms with Gasteiger partial charge in [-0.15, -0.1) is 0 Å². The van der Waals surface area contributed by atoms with E-state index in [0.29, 0.717) is 0 Å². The lowest BCUT2D eigenvalue weighted by molar-refractivity contribution is 0.569. The van der Waals surface area contributed by atoms with Crippen LogP contribution in [0.4, 0.5) is 0 Å². The van der Waals surface area contributed by atoms with Gasteiger partial charge in [-0.3, -0.25) is 4.79 Å². The second kappa shape index (κ2) is 10.4. The molecule has 0 unspecified atom stereocenters. The molecule has 0 saturated heterocycles. The summed E-state index contributed by atoms with van der Waals surface area (Å²) in [6, 6.07) is 31.2. The van der Waals surface area contributed by atoms with E-state index in [1.807, 2.05) is 78.9 Å². The van der Waals surface area contributed by atoms with Crippen molar-refractivity contribution in [3.05, 3.63) is 96.6 Å². The molecule has 3 rings (SSSR count). The topological polar surface area (TPSA) is 48.6 Å². The van der Waals surface area contributed by atoms with E-state index >= 15 is 0 Å². The van der Waals surface area contributed by atoms with Gasteiger partial charge in [0, 0.05) is 7.92 Å². The third-order valence-corrected chi connectivity index (χ3v) is 5.03. The molecule has 3 heteroatoms. The molecule has 3 aromatic rings. The first-order chi connectivity index (χ1) is 10.8. The molecule has 0 aromatic heterocycles. The fourth-order valence-corrected chi connectivity index (χ4v) is 3.51. The third-order valence-electron chi connectivity index (χ3n) is 3.11. The van der Waals surface area contributed by atoms with Crippen LogP contribution in [-0.4, -0.2) is 11.5 Å². The minimum Gasteiger partial charge on any atom is -0.412 e. The molecule has 0 heterocycles. The lowest BCUT2D eigenvalue weighted by Crippen LogP contribution is -2.11. The summed E-state index contributed by atoms with van der Waals surface area (Å²) in [4.78, 5) is 11.1. The number of carbonyl (C=O) groups excluding carboxylic acids is 1. The van der Waals surface area contributed by atoms with Crippen molar-refractivity contribution in [2.24, 2.45) is 0 Å². The maximum Gasteiger partial charge on any atom is 0.150 e. The van der Waals surface area contributed by atoms with E-state index in [2.05, 4.69) is 19.1 Å². The van der Waals surface area contributed by atoms with Gasteiger partial charge in [0.1, 0.15) is 0 Å². The highest BCUT2D eigenvalue weighted by molar-refractivity contribution is 7.85. The highest BCUT2D eigenvalue weighted by atomic mass is 31.1. The normalized spacial score (nSPS) is 9.30. The molecule has 0 atom stereocenters. The van der Waals surface area contributed by atoms with Crippen LogP contribution < -0.4 is 10.6 Å². The Balaban J connectivity index is 0.000000280. The van der Waals surface area contributed by atoms with Gasteiger partial charge in [-0.2, -0.15) is 0 Å². The predicted molar refractivity (Wildman–Crippen MR) is 101 cm³/mol. The van der Waals surface area contributed by atoms with Crippen molar-refractivity contribution in [3.8, 4) is 0 Å². The Morgan fingerprint density at radius 1 is 0.652 bits per heavy atom. The summed E-state index contributed by atoms with van der Waals surface area (Å²) in [5, 5.41) is 2.21. The molecule has 0 fully saturated rings. The first-order valence-corrected chi connectivity index (χ1v) is 8.58. The molecule has 2 N–H and O–H groups in total. The highest BCUT2D eigenvalue weighted by Crippen LogP contribution is 2.28. The zero-order valence-electron chi connectivity index (χ0n) is 13.1. The number of benzene rings is 3. The summed E-state index contributed by atoms with van der Waals surface area (Å²) in [6.07, 6.45) is 0. The molecule has 0 aliphatic rings. The van der Waals surface area contributed by atoms with Crippen molar-refractivity contribution in [1.29, 1.82) is 0 Å². The van der Waals surface area contributed by atoms with Crippen LogP contribution in [0, 0.1) is 6.92 Å². The molecular weight excluding hydrogens is 303 g/mol. The average molecular weight is 324 g/mol. The van der Waals surface area contributed by atoms with Gasteiger partial charge in [-0.1, -0.05) is 96.6 Å². The van der Waals surface area contributed by atoms with Crippen LogP contribution in [0.25, 0.3) is 0 Å². The largest absolute Gasteiger partial charge is 0.412 e. The maximum atomic E-state index is 11.1.